The smallest absolute Gasteiger partial charge is 0.261 e. The number of hydrogen-bond acceptors (Lipinski definition) is 3. The Bertz CT molecular complexity index is 602. The van der Waals surface area contributed by atoms with Crippen LogP contribution in [-0.2, 0) is 6.54 Å². The van der Waals surface area contributed by atoms with Gasteiger partial charge in [0.2, 0.25) is 0 Å². The van der Waals surface area contributed by atoms with Crippen molar-refractivity contribution in [3.63, 3.8) is 0 Å². The lowest BCUT2D eigenvalue weighted by Gasteiger charge is -2.11. The van der Waals surface area contributed by atoms with Crippen molar-refractivity contribution < 1.29 is 5.11 Å². The van der Waals surface area contributed by atoms with Crippen LogP contribution in [-0.4, -0.2) is 20.8 Å². The molecule has 0 amide bonds. The lowest BCUT2D eigenvalue weighted by Crippen LogP contribution is -2.27. The molecule has 4 heteroatoms. The van der Waals surface area contributed by atoms with Crippen LogP contribution in [0.25, 0.3) is 10.9 Å². The van der Waals surface area contributed by atoms with Crippen LogP contribution >= 0.6 is 0 Å². The number of aliphatic hydroxyl groups is 1. The maximum absolute atomic E-state index is 12.1. The molecule has 1 heterocycles. The highest BCUT2D eigenvalue weighted by Gasteiger charge is 2.30. The molecule has 2 aromatic rings. The van der Waals surface area contributed by atoms with Gasteiger partial charge in [0, 0.05) is 0 Å². The minimum absolute atomic E-state index is 0.0738. The van der Waals surface area contributed by atoms with Crippen LogP contribution in [0.1, 0.15) is 12.8 Å². The third-order valence-corrected chi connectivity index (χ3v) is 3.28. The highest BCUT2D eigenvalue weighted by molar-refractivity contribution is 5.76. The summed E-state index contributed by atoms with van der Waals surface area (Å²) < 4.78 is 1.51. The van der Waals surface area contributed by atoms with Crippen LogP contribution in [0.15, 0.2) is 35.4 Å². The van der Waals surface area contributed by atoms with Gasteiger partial charge in [0.25, 0.3) is 5.56 Å². The van der Waals surface area contributed by atoms with Crippen molar-refractivity contribution in [3.8, 4) is 0 Å². The van der Waals surface area contributed by atoms with Gasteiger partial charge in [-0.3, -0.25) is 9.36 Å². The Balaban J connectivity index is 1.99. The Morgan fingerprint density at radius 2 is 2.18 bits per heavy atom. The molecule has 1 aromatic heterocycles. The molecule has 1 aliphatic rings. The van der Waals surface area contributed by atoms with Crippen LogP contribution in [0.2, 0.25) is 0 Å². The zero-order chi connectivity index (χ0) is 11.8. The first kappa shape index (κ1) is 10.5. The number of para-hydroxylation sites is 1. The number of aliphatic hydroxyl groups excluding tert-OH is 1. The molecule has 0 bridgehead atoms. The van der Waals surface area contributed by atoms with E-state index in [1.165, 1.54) is 10.9 Å². The highest BCUT2D eigenvalue weighted by Crippen LogP contribution is 2.32. The van der Waals surface area contributed by atoms with Crippen LogP contribution in [0.3, 0.4) is 0 Å². The van der Waals surface area contributed by atoms with E-state index in [9.17, 15) is 9.90 Å². The van der Waals surface area contributed by atoms with Gasteiger partial charge in [-0.15, -0.1) is 0 Å². The minimum Gasteiger partial charge on any atom is -0.391 e. The maximum Gasteiger partial charge on any atom is 0.261 e. The van der Waals surface area contributed by atoms with Gasteiger partial charge in [-0.25, -0.2) is 4.98 Å². The molecule has 17 heavy (non-hydrogen) atoms. The summed E-state index contributed by atoms with van der Waals surface area (Å²) in [5, 5.41) is 10.5. The molecule has 0 saturated heterocycles. The fraction of sp³-hybridized carbons (Fsp3) is 0.385. The van der Waals surface area contributed by atoms with Crippen LogP contribution in [0.4, 0.5) is 0 Å². The van der Waals surface area contributed by atoms with E-state index in [4.69, 9.17) is 0 Å². The van der Waals surface area contributed by atoms with Gasteiger partial charge < -0.3 is 5.11 Å². The molecule has 0 radical (unpaired) electrons. The summed E-state index contributed by atoms with van der Waals surface area (Å²) in [6, 6.07) is 7.27. The number of aromatic nitrogens is 2. The molecule has 1 fully saturated rings. The predicted octanol–water partition coefficient (Wildman–Crippen LogP) is 1.17. The fourth-order valence-electron chi connectivity index (χ4n) is 2.07. The van der Waals surface area contributed by atoms with Gasteiger partial charge in [-0.05, 0) is 30.9 Å². The molecular weight excluding hydrogens is 216 g/mol. The summed E-state index contributed by atoms with van der Waals surface area (Å²) in [6.07, 6.45) is 3.24. The lowest BCUT2D eigenvalue weighted by molar-refractivity contribution is 0.130. The molecule has 88 valence electrons. The molecule has 1 saturated carbocycles. The molecule has 1 N–H and O–H groups in total. The van der Waals surface area contributed by atoms with E-state index in [0.29, 0.717) is 23.4 Å². The summed E-state index contributed by atoms with van der Waals surface area (Å²) in [5.41, 5.74) is 0.630. The van der Waals surface area contributed by atoms with Crippen molar-refractivity contribution in [1.29, 1.82) is 0 Å². The molecule has 1 atom stereocenters. The van der Waals surface area contributed by atoms with Crippen molar-refractivity contribution in [2.24, 2.45) is 5.92 Å². The topological polar surface area (TPSA) is 55.1 Å². The van der Waals surface area contributed by atoms with E-state index >= 15 is 0 Å². The first-order valence-corrected chi connectivity index (χ1v) is 5.88. The number of fused-ring (bicyclic) bond motifs is 1. The van der Waals surface area contributed by atoms with Gasteiger partial charge in [0.15, 0.2) is 0 Å². The Labute approximate surface area is 98.5 Å². The normalized spacial score (nSPS) is 17.2. The summed E-state index contributed by atoms with van der Waals surface area (Å²) in [6.45, 7) is 0.349. The average Bonchev–Trinajstić information content (AvgIpc) is 3.17. The number of rotatable bonds is 3. The van der Waals surface area contributed by atoms with Crippen LogP contribution < -0.4 is 5.56 Å². The van der Waals surface area contributed by atoms with Gasteiger partial charge in [0.1, 0.15) is 0 Å². The summed E-state index contributed by atoms with van der Waals surface area (Å²) in [4.78, 5) is 16.3. The molecule has 1 unspecified atom stereocenters. The number of benzene rings is 1. The van der Waals surface area contributed by atoms with Crippen molar-refractivity contribution in [2.45, 2.75) is 25.5 Å². The molecule has 0 aliphatic heterocycles. The third kappa shape index (κ3) is 1.96. The zero-order valence-electron chi connectivity index (χ0n) is 9.41. The largest absolute Gasteiger partial charge is 0.391 e. The Morgan fingerprint density at radius 1 is 1.41 bits per heavy atom. The van der Waals surface area contributed by atoms with Crippen LogP contribution in [0, 0.1) is 5.92 Å². The SMILES string of the molecule is O=c1c2ccccc2ncn1CC(O)C1CC1. The lowest BCUT2D eigenvalue weighted by atomic mass is 10.2. The summed E-state index contributed by atoms with van der Waals surface area (Å²) in [7, 11) is 0. The van der Waals surface area contributed by atoms with E-state index in [-0.39, 0.29) is 5.56 Å². The van der Waals surface area contributed by atoms with E-state index in [1.54, 1.807) is 6.07 Å². The third-order valence-electron chi connectivity index (χ3n) is 3.28. The molecule has 0 spiro atoms. The van der Waals surface area contributed by atoms with Crippen molar-refractivity contribution in [1.82, 2.24) is 9.55 Å². The monoisotopic (exact) mass is 230 g/mol. The van der Waals surface area contributed by atoms with Crippen molar-refractivity contribution in [2.75, 3.05) is 0 Å². The van der Waals surface area contributed by atoms with Gasteiger partial charge in [-0.2, -0.15) is 0 Å². The number of nitrogens with zero attached hydrogens (tertiary/aromatic N) is 2. The second-order valence-corrected chi connectivity index (χ2v) is 4.62. The highest BCUT2D eigenvalue weighted by atomic mass is 16.3. The summed E-state index contributed by atoms with van der Waals surface area (Å²) in [5.74, 6) is 0.369. The van der Waals surface area contributed by atoms with Gasteiger partial charge in [-0.1, -0.05) is 12.1 Å². The molecule has 1 aliphatic carbocycles. The van der Waals surface area contributed by atoms with E-state index in [0.717, 1.165) is 12.8 Å². The quantitative estimate of drug-likeness (QED) is 0.861. The Morgan fingerprint density at radius 3 is 2.94 bits per heavy atom. The second kappa shape index (κ2) is 3.96. The maximum atomic E-state index is 12.1. The average molecular weight is 230 g/mol. The molecule has 3 rings (SSSR count). The molecule has 4 nitrogen and oxygen atoms in total. The van der Waals surface area contributed by atoms with Crippen LogP contribution in [0.5, 0.6) is 0 Å². The standard InChI is InChI=1S/C13H14N2O2/c16-12(9-5-6-9)7-15-8-14-11-4-2-1-3-10(11)13(15)17/h1-4,8-9,12,16H,5-7H2. The molecule has 1 aromatic carbocycles. The van der Waals surface area contributed by atoms with Gasteiger partial charge in [0.05, 0.1) is 29.9 Å². The second-order valence-electron chi connectivity index (χ2n) is 4.62. The Kier molecular flexibility index (Phi) is 2.44. The van der Waals surface area contributed by atoms with E-state index < -0.39 is 6.10 Å². The minimum atomic E-state index is -0.421. The summed E-state index contributed by atoms with van der Waals surface area (Å²) >= 11 is 0. The predicted molar refractivity (Wildman–Crippen MR) is 64.7 cm³/mol. The fourth-order valence-corrected chi connectivity index (χ4v) is 2.07. The molecular formula is C13H14N2O2. The first-order chi connectivity index (χ1) is 8.25. The van der Waals surface area contributed by atoms with Gasteiger partial charge >= 0.3 is 0 Å². The Hall–Kier alpha value is -1.68. The number of hydrogen-bond donors (Lipinski definition) is 1. The zero-order valence-corrected chi connectivity index (χ0v) is 9.41. The van der Waals surface area contributed by atoms with E-state index in [1.807, 2.05) is 18.2 Å². The van der Waals surface area contributed by atoms with E-state index in [2.05, 4.69) is 4.98 Å². The first-order valence-electron chi connectivity index (χ1n) is 5.88. The van der Waals surface area contributed by atoms with Crippen molar-refractivity contribution in [3.05, 3.63) is 40.9 Å². The van der Waals surface area contributed by atoms with Crippen molar-refractivity contribution >= 4 is 10.9 Å².